The maximum Gasteiger partial charge on any atom is 0.234 e. The molecule has 2 aliphatic heterocycles. The van der Waals surface area contributed by atoms with E-state index in [4.69, 9.17) is 14.7 Å². The molecule has 2 heterocycles. The Kier molecular flexibility index (Phi) is 7.09. The number of piperidine rings is 1. The van der Waals surface area contributed by atoms with Crippen LogP contribution in [-0.2, 0) is 4.79 Å². The summed E-state index contributed by atoms with van der Waals surface area (Å²) in [5.41, 5.74) is 1.39. The average Bonchev–Trinajstić information content (AvgIpc) is 3.18. The number of amides is 1. The molecule has 1 saturated heterocycles. The topological polar surface area (TPSA) is 66.3 Å². The number of nitrogens with one attached hydrogen (secondary N) is 1. The van der Waals surface area contributed by atoms with Gasteiger partial charge in [-0.1, -0.05) is 18.7 Å². The summed E-state index contributed by atoms with van der Waals surface area (Å²) >= 11 is 1.30. The number of benzene rings is 2. The number of nitrogens with zero attached hydrogens (tertiary/aromatic N) is 3. The van der Waals surface area contributed by atoms with Crippen LogP contribution in [-0.4, -0.2) is 59.7 Å². The number of carbonyl (C=O) groups is 1. The number of rotatable bonds is 6. The molecule has 0 atom stereocenters. The fraction of sp³-hybridized carbons (Fsp3) is 0.375. The number of methoxy groups -OCH3 is 1. The number of halogens is 2. The highest BCUT2D eigenvalue weighted by atomic mass is 32.2. The fourth-order valence-corrected chi connectivity index (χ4v) is 4.79. The summed E-state index contributed by atoms with van der Waals surface area (Å²) in [7, 11) is 1.62. The second kappa shape index (κ2) is 10.0. The van der Waals surface area contributed by atoms with Crippen LogP contribution in [0.4, 0.5) is 14.5 Å². The van der Waals surface area contributed by atoms with E-state index in [2.05, 4.69) is 17.1 Å². The third-order valence-corrected chi connectivity index (χ3v) is 6.81. The summed E-state index contributed by atoms with van der Waals surface area (Å²) in [5.74, 6) is -1.47. The lowest BCUT2D eigenvalue weighted by Crippen LogP contribution is -2.41. The van der Waals surface area contributed by atoms with Crippen LogP contribution in [0.3, 0.4) is 0 Å². The van der Waals surface area contributed by atoms with E-state index in [9.17, 15) is 13.6 Å². The van der Waals surface area contributed by atoms with Crippen molar-refractivity contribution in [3.05, 3.63) is 59.7 Å². The highest BCUT2D eigenvalue weighted by Crippen LogP contribution is 2.35. The summed E-state index contributed by atoms with van der Waals surface area (Å²) in [4.78, 5) is 24.9. The van der Waals surface area contributed by atoms with Crippen LogP contribution in [0.5, 0.6) is 5.75 Å². The molecule has 0 saturated carbocycles. The molecule has 1 fully saturated rings. The standard InChI is InChI=1S/C24H26F2N4O2S/c1-3-30-12-10-24(11-13-30)28-22(16-4-7-18(32-2)8-5-16)23(29-24)33-15-21(31)27-17-6-9-19(25)20(26)14-17/h4-9,14H,3,10-13,15H2,1-2H3,(H,27,31). The first kappa shape index (κ1) is 23.4. The van der Waals surface area contributed by atoms with Gasteiger partial charge in [0.1, 0.15) is 10.8 Å². The molecule has 9 heteroatoms. The Morgan fingerprint density at radius 2 is 1.85 bits per heavy atom. The SMILES string of the molecule is CCN1CCC2(CC1)N=C(SCC(=O)Nc1ccc(F)c(F)c1)C(c1ccc(OC)cc1)=N2. The van der Waals surface area contributed by atoms with Gasteiger partial charge in [0.25, 0.3) is 0 Å². The molecule has 0 radical (unpaired) electrons. The Morgan fingerprint density at radius 3 is 2.48 bits per heavy atom. The second-order valence-corrected chi connectivity index (χ2v) is 8.95. The van der Waals surface area contributed by atoms with Crippen LogP contribution in [0.1, 0.15) is 25.3 Å². The lowest BCUT2D eigenvalue weighted by molar-refractivity contribution is -0.113. The minimum absolute atomic E-state index is 0.0736. The first-order valence-corrected chi connectivity index (χ1v) is 11.8. The summed E-state index contributed by atoms with van der Waals surface area (Å²) < 4.78 is 31.8. The van der Waals surface area contributed by atoms with E-state index in [1.165, 1.54) is 17.8 Å². The molecule has 4 rings (SSSR count). The third kappa shape index (κ3) is 5.42. The van der Waals surface area contributed by atoms with E-state index in [1.54, 1.807) is 7.11 Å². The van der Waals surface area contributed by atoms with E-state index in [0.29, 0.717) is 5.04 Å². The number of likely N-dealkylation sites (tertiary alicyclic amines) is 1. The molecule has 2 aliphatic rings. The minimum Gasteiger partial charge on any atom is -0.497 e. The van der Waals surface area contributed by atoms with Gasteiger partial charge in [-0.25, -0.2) is 13.8 Å². The van der Waals surface area contributed by atoms with Crippen LogP contribution < -0.4 is 10.1 Å². The molecule has 0 aliphatic carbocycles. The largest absolute Gasteiger partial charge is 0.497 e. The van der Waals surface area contributed by atoms with Gasteiger partial charge < -0.3 is 15.0 Å². The third-order valence-electron chi connectivity index (χ3n) is 5.84. The van der Waals surface area contributed by atoms with Gasteiger partial charge >= 0.3 is 0 Å². The van der Waals surface area contributed by atoms with Crippen LogP contribution in [0.2, 0.25) is 0 Å². The monoisotopic (exact) mass is 472 g/mol. The number of thioether (sulfide) groups is 1. The highest BCUT2D eigenvalue weighted by Gasteiger charge is 2.39. The van der Waals surface area contributed by atoms with Crippen LogP contribution in [0.15, 0.2) is 52.4 Å². The van der Waals surface area contributed by atoms with Crippen molar-refractivity contribution in [2.45, 2.75) is 25.4 Å². The zero-order chi connectivity index (χ0) is 23.4. The molecule has 1 amide bonds. The van der Waals surface area contributed by atoms with Gasteiger partial charge in [-0.05, 0) is 42.9 Å². The molecule has 174 valence electrons. The Balaban J connectivity index is 1.50. The zero-order valence-electron chi connectivity index (χ0n) is 18.6. The Morgan fingerprint density at radius 1 is 1.12 bits per heavy atom. The number of aliphatic imine (C=N–C) groups is 2. The van der Waals surface area contributed by atoms with Gasteiger partial charge in [-0.2, -0.15) is 0 Å². The van der Waals surface area contributed by atoms with Crippen molar-refractivity contribution >= 4 is 34.1 Å². The number of anilines is 1. The average molecular weight is 473 g/mol. The van der Waals surface area contributed by atoms with Gasteiger partial charge in [0.05, 0.1) is 18.6 Å². The summed E-state index contributed by atoms with van der Waals surface area (Å²) in [6.45, 7) is 5.00. The normalized spacial score (nSPS) is 17.6. The molecule has 1 N–H and O–H groups in total. The number of hydrogen-bond donors (Lipinski definition) is 1. The smallest absolute Gasteiger partial charge is 0.234 e. The van der Waals surface area contributed by atoms with Crippen LogP contribution >= 0.6 is 11.8 Å². The maximum atomic E-state index is 13.4. The van der Waals surface area contributed by atoms with Crippen LogP contribution in [0, 0.1) is 11.6 Å². The van der Waals surface area contributed by atoms with Gasteiger partial charge in [-0.3, -0.25) is 9.79 Å². The van der Waals surface area contributed by atoms with E-state index >= 15 is 0 Å². The molecule has 1 spiro atoms. The molecule has 6 nitrogen and oxygen atoms in total. The lowest BCUT2D eigenvalue weighted by atomic mass is 9.98. The van der Waals surface area contributed by atoms with Crippen LogP contribution in [0.25, 0.3) is 0 Å². The molecule has 2 aromatic carbocycles. The number of ether oxygens (including phenoxy) is 1. The molecule has 0 aromatic heterocycles. The van der Waals surface area contributed by atoms with E-state index < -0.39 is 17.3 Å². The Hall–Kier alpha value is -2.78. The highest BCUT2D eigenvalue weighted by molar-refractivity contribution is 8.16. The van der Waals surface area contributed by atoms with Crippen molar-refractivity contribution in [3.8, 4) is 5.75 Å². The first-order chi connectivity index (χ1) is 15.9. The fourth-order valence-electron chi connectivity index (χ4n) is 3.92. The molecule has 33 heavy (non-hydrogen) atoms. The maximum absolute atomic E-state index is 13.4. The molecular weight excluding hydrogens is 446 g/mol. The predicted octanol–water partition coefficient (Wildman–Crippen LogP) is 4.36. The lowest BCUT2D eigenvalue weighted by Gasteiger charge is -2.34. The zero-order valence-corrected chi connectivity index (χ0v) is 19.4. The van der Waals surface area contributed by atoms with Crippen molar-refractivity contribution in [3.63, 3.8) is 0 Å². The van der Waals surface area contributed by atoms with Gasteiger partial charge in [0, 0.05) is 43.2 Å². The number of carbonyl (C=O) groups excluding carboxylic acids is 1. The molecule has 0 unspecified atom stereocenters. The van der Waals surface area contributed by atoms with Crippen molar-refractivity contribution < 1.29 is 18.3 Å². The molecule has 0 bridgehead atoms. The van der Waals surface area contributed by atoms with E-state index in [1.807, 2.05) is 24.3 Å². The van der Waals surface area contributed by atoms with E-state index in [-0.39, 0.29) is 17.3 Å². The van der Waals surface area contributed by atoms with Gasteiger partial charge in [0.2, 0.25) is 5.91 Å². The summed E-state index contributed by atoms with van der Waals surface area (Å²) in [6.07, 6.45) is 1.65. The second-order valence-electron chi connectivity index (χ2n) is 7.99. The Labute approximate surface area is 196 Å². The minimum atomic E-state index is -1.00. The predicted molar refractivity (Wildman–Crippen MR) is 128 cm³/mol. The first-order valence-electron chi connectivity index (χ1n) is 10.9. The summed E-state index contributed by atoms with van der Waals surface area (Å²) in [6, 6.07) is 10.9. The summed E-state index contributed by atoms with van der Waals surface area (Å²) in [5, 5.41) is 3.32. The van der Waals surface area contributed by atoms with Gasteiger partial charge in [0.15, 0.2) is 17.3 Å². The quantitative estimate of drug-likeness (QED) is 0.679. The van der Waals surface area contributed by atoms with Gasteiger partial charge in [-0.15, -0.1) is 0 Å². The molecular formula is C24H26F2N4O2S. The van der Waals surface area contributed by atoms with Crippen molar-refractivity contribution in [2.24, 2.45) is 9.98 Å². The Bertz CT molecular complexity index is 1080. The van der Waals surface area contributed by atoms with Crippen molar-refractivity contribution in [1.29, 1.82) is 0 Å². The van der Waals surface area contributed by atoms with Crippen molar-refractivity contribution in [1.82, 2.24) is 4.90 Å². The number of hydrogen-bond acceptors (Lipinski definition) is 6. The molecule has 2 aromatic rings. The van der Waals surface area contributed by atoms with E-state index in [0.717, 1.165) is 61.6 Å². The van der Waals surface area contributed by atoms with Crippen molar-refractivity contribution in [2.75, 3.05) is 37.8 Å².